The lowest BCUT2D eigenvalue weighted by atomic mass is 9.84. The fourth-order valence-electron chi connectivity index (χ4n) is 3.98. The maximum atomic E-state index is 12.1. The van der Waals surface area contributed by atoms with E-state index in [4.69, 9.17) is 4.74 Å². The Bertz CT molecular complexity index is 790. The van der Waals surface area contributed by atoms with Gasteiger partial charge in [0.1, 0.15) is 0 Å². The summed E-state index contributed by atoms with van der Waals surface area (Å²) in [6.07, 6.45) is 3.99. The molecule has 1 aromatic heterocycles. The van der Waals surface area contributed by atoms with E-state index in [9.17, 15) is 4.79 Å². The summed E-state index contributed by atoms with van der Waals surface area (Å²) in [5.74, 6) is 0.0496. The maximum absolute atomic E-state index is 12.1. The van der Waals surface area contributed by atoms with Crippen molar-refractivity contribution in [3.05, 3.63) is 47.3 Å². The number of ether oxygens (including phenoxy) is 1. The van der Waals surface area contributed by atoms with Gasteiger partial charge in [-0.05, 0) is 37.3 Å². The van der Waals surface area contributed by atoms with Gasteiger partial charge in [-0.1, -0.05) is 25.1 Å². The molecule has 0 amide bonds. The van der Waals surface area contributed by atoms with Gasteiger partial charge in [-0.2, -0.15) is 0 Å². The summed E-state index contributed by atoms with van der Waals surface area (Å²) in [6.45, 7) is 5.36. The molecule has 0 saturated heterocycles. The second kappa shape index (κ2) is 5.44. The standard InChI is InChI=1S/C19H22N2O2/c1-3-23-19(22)15-11-21-9-8-14-13-6-4-5-7-16(13)20-18(14)17(21)10-12(15)2/h4-7,11-12,17,20H,3,8-10H2,1-2H3/t12-,17+/m1/s1. The van der Waals surface area contributed by atoms with Crippen LogP contribution in [0.15, 0.2) is 36.0 Å². The van der Waals surface area contributed by atoms with Crippen LogP contribution in [0.5, 0.6) is 0 Å². The van der Waals surface area contributed by atoms with Crippen LogP contribution in [-0.2, 0) is 16.0 Å². The first-order valence-electron chi connectivity index (χ1n) is 8.43. The SMILES string of the molecule is CCOC(=O)C1=CN2CCc3c([nH]c4ccccc34)[C@@H]2C[C@H]1C. The highest BCUT2D eigenvalue weighted by Crippen LogP contribution is 2.42. The van der Waals surface area contributed by atoms with E-state index in [1.54, 1.807) is 0 Å². The first kappa shape index (κ1) is 14.4. The van der Waals surface area contributed by atoms with Crippen LogP contribution in [0, 0.1) is 5.92 Å². The molecule has 2 aliphatic heterocycles. The van der Waals surface area contributed by atoms with Crippen molar-refractivity contribution in [2.75, 3.05) is 13.2 Å². The predicted molar refractivity (Wildman–Crippen MR) is 89.9 cm³/mol. The molecule has 0 radical (unpaired) electrons. The van der Waals surface area contributed by atoms with E-state index in [2.05, 4.69) is 41.1 Å². The lowest BCUT2D eigenvalue weighted by molar-refractivity contribution is -0.139. The highest BCUT2D eigenvalue weighted by Gasteiger charge is 2.36. The first-order valence-corrected chi connectivity index (χ1v) is 8.43. The number of nitrogens with one attached hydrogen (secondary N) is 1. The second-order valence-corrected chi connectivity index (χ2v) is 6.51. The summed E-state index contributed by atoms with van der Waals surface area (Å²) in [7, 11) is 0. The van der Waals surface area contributed by atoms with E-state index in [0.29, 0.717) is 12.6 Å². The van der Waals surface area contributed by atoms with Gasteiger partial charge in [0.2, 0.25) is 0 Å². The predicted octanol–water partition coefficient (Wildman–Crippen LogP) is 3.55. The van der Waals surface area contributed by atoms with Gasteiger partial charge in [0.25, 0.3) is 0 Å². The molecule has 0 spiro atoms. The number of H-pyrrole nitrogens is 1. The van der Waals surface area contributed by atoms with E-state index in [1.165, 1.54) is 22.2 Å². The summed E-state index contributed by atoms with van der Waals surface area (Å²) >= 11 is 0. The second-order valence-electron chi connectivity index (χ2n) is 6.51. The van der Waals surface area contributed by atoms with Gasteiger partial charge in [-0.25, -0.2) is 4.79 Å². The third-order valence-corrected chi connectivity index (χ3v) is 5.12. The Morgan fingerprint density at radius 2 is 2.22 bits per heavy atom. The lowest BCUT2D eigenvalue weighted by Gasteiger charge is -2.40. The monoisotopic (exact) mass is 310 g/mol. The highest BCUT2D eigenvalue weighted by molar-refractivity contribution is 5.89. The molecular formula is C19H22N2O2. The number of rotatable bonds is 2. The lowest BCUT2D eigenvalue weighted by Crippen LogP contribution is -2.37. The number of benzene rings is 1. The number of carbonyl (C=O) groups is 1. The quantitative estimate of drug-likeness (QED) is 0.863. The van der Waals surface area contributed by atoms with Crippen LogP contribution in [0.1, 0.15) is 37.6 Å². The minimum Gasteiger partial charge on any atom is -0.463 e. The van der Waals surface area contributed by atoms with Crippen molar-refractivity contribution < 1.29 is 9.53 Å². The van der Waals surface area contributed by atoms with Gasteiger partial charge >= 0.3 is 5.97 Å². The summed E-state index contributed by atoms with van der Waals surface area (Å²) in [5, 5.41) is 1.34. The summed E-state index contributed by atoms with van der Waals surface area (Å²) in [6, 6.07) is 8.85. The number of carbonyl (C=O) groups excluding carboxylic acids is 1. The van der Waals surface area contributed by atoms with Gasteiger partial charge in [0, 0.05) is 29.3 Å². The Morgan fingerprint density at radius 3 is 3.04 bits per heavy atom. The van der Waals surface area contributed by atoms with E-state index in [1.807, 2.05) is 13.1 Å². The summed E-state index contributed by atoms with van der Waals surface area (Å²) in [5.41, 5.74) is 4.79. The maximum Gasteiger partial charge on any atom is 0.335 e. The van der Waals surface area contributed by atoms with Gasteiger partial charge in [-0.15, -0.1) is 0 Å². The first-order chi connectivity index (χ1) is 11.2. The summed E-state index contributed by atoms with van der Waals surface area (Å²) < 4.78 is 5.21. The van der Waals surface area contributed by atoms with Crippen LogP contribution < -0.4 is 0 Å². The van der Waals surface area contributed by atoms with E-state index in [-0.39, 0.29) is 11.9 Å². The fourth-order valence-corrected chi connectivity index (χ4v) is 3.98. The van der Waals surface area contributed by atoms with Gasteiger partial charge in [0.05, 0.1) is 18.2 Å². The van der Waals surface area contributed by atoms with Gasteiger partial charge in [-0.3, -0.25) is 0 Å². The van der Waals surface area contributed by atoms with E-state index in [0.717, 1.165) is 25.0 Å². The van der Waals surface area contributed by atoms with E-state index >= 15 is 0 Å². The van der Waals surface area contributed by atoms with Crippen LogP contribution in [-0.4, -0.2) is 29.0 Å². The number of hydrogen-bond donors (Lipinski definition) is 1. The molecule has 0 fully saturated rings. The third-order valence-electron chi connectivity index (χ3n) is 5.12. The smallest absolute Gasteiger partial charge is 0.335 e. The Labute approximate surface area is 136 Å². The molecule has 0 saturated carbocycles. The average Bonchev–Trinajstić information content (AvgIpc) is 2.93. The Hall–Kier alpha value is -2.23. The Morgan fingerprint density at radius 1 is 1.39 bits per heavy atom. The largest absolute Gasteiger partial charge is 0.463 e. The normalized spacial score (nSPS) is 23.2. The van der Waals surface area contributed by atoms with Crippen molar-refractivity contribution in [2.24, 2.45) is 5.92 Å². The number of esters is 1. The van der Waals surface area contributed by atoms with Gasteiger partial charge in [0.15, 0.2) is 0 Å². The number of aromatic nitrogens is 1. The van der Waals surface area contributed by atoms with Crippen LogP contribution in [0.2, 0.25) is 0 Å². The van der Waals surface area contributed by atoms with E-state index < -0.39 is 0 Å². The molecule has 0 bridgehead atoms. The minimum absolute atomic E-state index is 0.166. The summed E-state index contributed by atoms with van der Waals surface area (Å²) in [4.78, 5) is 18.1. The molecule has 1 aromatic carbocycles. The number of para-hydroxylation sites is 1. The zero-order valence-electron chi connectivity index (χ0n) is 13.6. The van der Waals surface area contributed by atoms with Crippen molar-refractivity contribution >= 4 is 16.9 Å². The number of hydrogen-bond acceptors (Lipinski definition) is 3. The number of nitrogens with zero attached hydrogens (tertiary/aromatic N) is 1. The highest BCUT2D eigenvalue weighted by atomic mass is 16.5. The van der Waals surface area contributed by atoms with Crippen molar-refractivity contribution in [3.63, 3.8) is 0 Å². The van der Waals surface area contributed by atoms with Crippen LogP contribution >= 0.6 is 0 Å². The van der Waals surface area contributed by atoms with Crippen molar-refractivity contribution in [1.82, 2.24) is 9.88 Å². The van der Waals surface area contributed by atoms with Crippen molar-refractivity contribution in [1.29, 1.82) is 0 Å². The zero-order chi connectivity index (χ0) is 16.0. The third kappa shape index (κ3) is 2.24. The van der Waals surface area contributed by atoms with Crippen LogP contribution in [0.25, 0.3) is 10.9 Å². The van der Waals surface area contributed by atoms with Crippen molar-refractivity contribution in [3.8, 4) is 0 Å². The molecular weight excluding hydrogens is 288 g/mol. The molecule has 4 heteroatoms. The molecule has 2 aromatic rings. The molecule has 2 atom stereocenters. The van der Waals surface area contributed by atoms with Gasteiger partial charge < -0.3 is 14.6 Å². The Kier molecular flexibility index (Phi) is 3.40. The number of aromatic amines is 1. The molecule has 2 aliphatic rings. The molecule has 23 heavy (non-hydrogen) atoms. The molecule has 1 N–H and O–H groups in total. The molecule has 120 valence electrons. The van der Waals surface area contributed by atoms with Crippen molar-refractivity contribution in [2.45, 2.75) is 32.7 Å². The zero-order valence-corrected chi connectivity index (χ0v) is 13.6. The fraction of sp³-hybridized carbons (Fsp3) is 0.421. The van der Waals surface area contributed by atoms with Crippen LogP contribution in [0.4, 0.5) is 0 Å². The molecule has 0 aliphatic carbocycles. The molecule has 3 heterocycles. The topological polar surface area (TPSA) is 45.3 Å². The minimum atomic E-state index is -0.166. The Balaban J connectivity index is 1.73. The average molecular weight is 310 g/mol. The molecule has 4 nitrogen and oxygen atoms in total. The molecule has 4 rings (SSSR count). The molecule has 0 unspecified atom stereocenters. The van der Waals surface area contributed by atoms with Crippen LogP contribution in [0.3, 0.4) is 0 Å². The number of fused-ring (bicyclic) bond motifs is 5.